The van der Waals surface area contributed by atoms with E-state index in [0.29, 0.717) is 17.3 Å². The molecule has 2 heterocycles. The van der Waals surface area contributed by atoms with E-state index in [9.17, 15) is 13.5 Å². The standard InChI is InChI=1S/C13H15N3O4S/c1-21(18,19)13-15-7-8-5-6-14-12(11(8)16-13)20-10-4-2-3-9(10)17/h5-7,9-10,17H,2-4H2,1H3. The third kappa shape index (κ3) is 2.81. The number of fused-ring (bicyclic) bond motifs is 1. The minimum atomic E-state index is -3.50. The van der Waals surface area contributed by atoms with Crippen molar-refractivity contribution in [1.29, 1.82) is 0 Å². The predicted molar refractivity (Wildman–Crippen MR) is 74.7 cm³/mol. The van der Waals surface area contributed by atoms with Crippen LogP contribution < -0.4 is 4.74 Å². The smallest absolute Gasteiger partial charge is 0.247 e. The van der Waals surface area contributed by atoms with E-state index in [2.05, 4.69) is 15.0 Å². The molecule has 0 amide bonds. The van der Waals surface area contributed by atoms with Crippen LogP contribution in [0.5, 0.6) is 5.88 Å². The third-order valence-electron chi connectivity index (χ3n) is 3.46. The number of aliphatic hydroxyl groups is 1. The molecule has 2 aromatic heterocycles. The highest BCUT2D eigenvalue weighted by Gasteiger charge is 2.28. The second-order valence-corrected chi connectivity index (χ2v) is 7.04. The summed E-state index contributed by atoms with van der Waals surface area (Å²) in [7, 11) is -3.50. The second kappa shape index (κ2) is 5.19. The molecule has 0 spiro atoms. The molecule has 0 bridgehead atoms. The molecule has 1 aliphatic carbocycles. The summed E-state index contributed by atoms with van der Waals surface area (Å²) in [5.74, 6) is 0.228. The Labute approximate surface area is 121 Å². The highest BCUT2D eigenvalue weighted by Crippen LogP contribution is 2.27. The lowest BCUT2D eigenvalue weighted by molar-refractivity contribution is 0.0584. The molecule has 0 aliphatic heterocycles. The number of pyridine rings is 1. The normalized spacial score (nSPS) is 22.6. The predicted octanol–water partition coefficient (Wildman–Crippen LogP) is 0.720. The summed E-state index contributed by atoms with van der Waals surface area (Å²) >= 11 is 0. The van der Waals surface area contributed by atoms with Gasteiger partial charge in [0.2, 0.25) is 20.9 Å². The van der Waals surface area contributed by atoms with Gasteiger partial charge in [0.25, 0.3) is 0 Å². The van der Waals surface area contributed by atoms with Crippen LogP contribution in [0.3, 0.4) is 0 Å². The average molecular weight is 309 g/mol. The van der Waals surface area contributed by atoms with Crippen molar-refractivity contribution in [1.82, 2.24) is 15.0 Å². The van der Waals surface area contributed by atoms with Gasteiger partial charge in [-0.15, -0.1) is 0 Å². The van der Waals surface area contributed by atoms with Gasteiger partial charge in [0.1, 0.15) is 11.6 Å². The summed E-state index contributed by atoms with van der Waals surface area (Å²) in [5, 5.41) is 10.2. The molecule has 3 rings (SSSR count). The van der Waals surface area contributed by atoms with Gasteiger partial charge in [-0.05, 0) is 25.3 Å². The molecule has 0 aromatic carbocycles. The summed E-state index contributed by atoms with van der Waals surface area (Å²) in [6.45, 7) is 0. The van der Waals surface area contributed by atoms with Gasteiger partial charge in [0.05, 0.1) is 6.10 Å². The molecule has 7 nitrogen and oxygen atoms in total. The zero-order valence-electron chi connectivity index (χ0n) is 11.4. The SMILES string of the molecule is CS(=O)(=O)c1ncc2ccnc(OC3CCCC3O)c2n1. The van der Waals surface area contributed by atoms with E-state index in [1.165, 1.54) is 6.20 Å². The van der Waals surface area contributed by atoms with Crippen LogP contribution in [0.2, 0.25) is 0 Å². The van der Waals surface area contributed by atoms with Gasteiger partial charge in [0, 0.05) is 24.0 Å². The average Bonchev–Trinajstić information content (AvgIpc) is 2.83. The van der Waals surface area contributed by atoms with Crippen LogP contribution >= 0.6 is 0 Å². The van der Waals surface area contributed by atoms with Crippen molar-refractivity contribution in [3.8, 4) is 5.88 Å². The van der Waals surface area contributed by atoms with E-state index in [1.54, 1.807) is 12.3 Å². The van der Waals surface area contributed by atoms with Gasteiger partial charge >= 0.3 is 0 Å². The molecule has 0 saturated heterocycles. The molecule has 1 aliphatic rings. The molecule has 2 aromatic rings. The van der Waals surface area contributed by atoms with Gasteiger partial charge in [-0.25, -0.2) is 23.4 Å². The van der Waals surface area contributed by atoms with Crippen molar-refractivity contribution in [2.24, 2.45) is 0 Å². The molecule has 21 heavy (non-hydrogen) atoms. The van der Waals surface area contributed by atoms with Crippen LogP contribution in [0.4, 0.5) is 0 Å². The Morgan fingerprint density at radius 1 is 1.33 bits per heavy atom. The lowest BCUT2D eigenvalue weighted by Gasteiger charge is -2.17. The first-order chi connectivity index (χ1) is 9.95. The minimum absolute atomic E-state index is 0.228. The van der Waals surface area contributed by atoms with E-state index < -0.39 is 15.9 Å². The van der Waals surface area contributed by atoms with Crippen molar-refractivity contribution < 1.29 is 18.3 Å². The molecule has 1 fully saturated rings. The van der Waals surface area contributed by atoms with Crippen molar-refractivity contribution in [3.05, 3.63) is 18.5 Å². The fraction of sp³-hybridized carbons (Fsp3) is 0.462. The van der Waals surface area contributed by atoms with Gasteiger partial charge in [0.15, 0.2) is 0 Å². The maximum Gasteiger partial charge on any atom is 0.247 e. The Hall–Kier alpha value is -1.80. The number of hydrogen-bond acceptors (Lipinski definition) is 7. The largest absolute Gasteiger partial charge is 0.470 e. The number of aromatic nitrogens is 3. The van der Waals surface area contributed by atoms with E-state index >= 15 is 0 Å². The summed E-state index contributed by atoms with van der Waals surface area (Å²) in [5.41, 5.74) is 0.340. The lowest BCUT2D eigenvalue weighted by Crippen LogP contribution is -2.26. The van der Waals surface area contributed by atoms with E-state index in [-0.39, 0.29) is 17.1 Å². The fourth-order valence-corrected chi connectivity index (χ4v) is 2.87. The maximum absolute atomic E-state index is 11.6. The molecule has 0 radical (unpaired) electrons. The second-order valence-electron chi connectivity index (χ2n) is 5.13. The molecule has 1 saturated carbocycles. The summed E-state index contributed by atoms with van der Waals surface area (Å²) in [6, 6.07) is 1.68. The topological polar surface area (TPSA) is 102 Å². The van der Waals surface area contributed by atoms with Crippen molar-refractivity contribution in [3.63, 3.8) is 0 Å². The summed E-state index contributed by atoms with van der Waals surface area (Å²) < 4.78 is 28.8. The highest BCUT2D eigenvalue weighted by atomic mass is 32.2. The molecule has 8 heteroatoms. The van der Waals surface area contributed by atoms with E-state index in [1.807, 2.05) is 0 Å². The number of rotatable bonds is 3. The summed E-state index contributed by atoms with van der Waals surface area (Å²) in [4.78, 5) is 12.0. The van der Waals surface area contributed by atoms with Crippen molar-refractivity contribution in [2.75, 3.05) is 6.26 Å². The van der Waals surface area contributed by atoms with Gasteiger partial charge < -0.3 is 9.84 Å². The fourth-order valence-electron chi connectivity index (χ4n) is 2.37. The van der Waals surface area contributed by atoms with Gasteiger partial charge in [-0.2, -0.15) is 0 Å². The lowest BCUT2D eigenvalue weighted by atomic mass is 10.2. The van der Waals surface area contributed by atoms with Crippen LogP contribution in [0.15, 0.2) is 23.6 Å². The molecular weight excluding hydrogens is 294 g/mol. The van der Waals surface area contributed by atoms with Crippen LogP contribution in [0.25, 0.3) is 10.9 Å². The number of ether oxygens (including phenoxy) is 1. The molecule has 2 atom stereocenters. The van der Waals surface area contributed by atoms with Gasteiger partial charge in [-0.3, -0.25) is 0 Å². The van der Waals surface area contributed by atoms with Crippen LogP contribution in [0, 0.1) is 0 Å². The third-order valence-corrected chi connectivity index (χ3v) is 4.32. The zero-order chi connectivity index (χ0) is 15.0. The van der Waals surface area contributed by atoms with Gasteiger partial charge in [-0.1, -0.05) is 0 Å². The van der Waals surface area contributed by atoms with Crippen molar-refractivity contribution >= 4 is 20.7 Å². The van der Waals surface area contributed by atoms with E-state index in [4.69, 9.17) is 4.74 Å². The molecular formula is C13H15N3O4S. The van der Waals surface area contributed by atoms with E-state index in [0.717, 1.165) is 19.1 Å². The monoisotopic (exact) mass is 309 g/mol. The minimum Gasteiger partial charge on any atom is -0.470 e. The first kappa shape index (κ1) is 14.2. The van der Waals surface area contributed by atoms with Crippen LogP contribution in [-0.4, -0.2) is 46.9 Å². The Balaban J connectivity index is 2.05. The number of aliphatic hydroxyl groups excluding tert-OH is 1. The Kier molecular flexibility index (Phi) is 3.50. The van der Waals surface area contributed by atoms with Crippen LogP contribution in [0.1, 0.15) is 19.3 Å². The molecule has 112 valence electrons. The Morgan fingerprint density at radius 2 is 2.14 bits per heavy atom. The van der Waals surface area contributed by atoms with Crippen molar-refractivity contribution in [2.45, 2.75) is 36.6 Å². The van der Waals surface area contributed by atoms with Crippen LogP contribution in [-0.2, 0) is 9.84 Å². The quantitative estimate of drug-likeness (QED) is 0.833. The maximum atomic E-state index is 11.6. The Bertz CT molecular complexity index is 778. The first-order valence-corrected chi connectivity index (χ1v) is 8.51. The summed E-state index contributed by atoms with van der Waals surface area (Å²) in [6.07, 6.45) is 5.48. The number of nitrogens with zero attached hydrogens (tertiary/aromatic N) is 3. The number of sulfone groups is 1. The molecule has 2 unspecified atom stereocenters. The highest BCUT2D eigenvalue weighted by molar-refractivity contribution is 7.90. The first-order valence-electron chi connectivity index (χ1n) is 6.62. The zero-order valence-corrected chi connectivity index (χ0v) is 12.2. The molecule has 1 N–H and O–H groups in total. The number of hydrogen-bond donors (Lipinski definition) is 1. The Morgan fingerprint density at radius 3 is 2.81 bits per heavy atom.